The van der Waals surface area contributed by atoms with E-state index in [-0.39, 0.29) is 16.9 Å². The van der Waals surface area contributed by atoms with Gasteiger partial charge in [-0.15, -0.1) is 0 Å². The first-order valence-corrected chi connectivity index (χ1v) is 7.35. The number of aromatic carboxylic acids is 1. The van der Waals surface area contributed by atoms with Gasteiger partial charge in [0.2, 0.25) is 10.0 Å². The molecule has 0 aliphatic carbocycles. The zero-order chi connectivity index (χ0) is 16.3. The van der Waals surface area contributed by atoms with Crippen LogP contribution < -0.4 is 10.5 Å². The van der Waals surface area contributed by atoms with Gasteiger partial charge in [-0.25, -0.2) is 13.2 Å². The summed E-state index contributed by atoms with van der Waals surface area (Å²) in [6.07, 6.45) is -6.29. The monoisotopic (exact) mass is 326 g/mol. The van der Waals surface area contributed by atoms with Gasteiger partial charge in [0.15, 0.2) is 0 Å². The lowest BCUT2D eigenvalue weighted by Gasteiger charge is -2.11. The van der Waals surface area contributed by atoms with Crippen molar-refractivity contribution in [2.75, 3.05) is 16.2 Å². The maximum atomic E-state index is 12.0. The quantitative estimate of drug-likeness (QED) is 0.693. The van der Waals surface area contributed by atoms with Gasteiger partial charge in [0.25, 0.3) is 0 Å². The zero-order valence-corrected chi connectivity index (χ0v) is 11.5. The van der Waals surface area contributed by atoms with Crippen molar-refractivity contribution in [1.29, 1.82) is 0 Å². The van der Waals surface area contributed by atoms with Gasteiger partial charge < -0.3 is 10.8 Å². The Morgan fingerprint density at radius 2 is 1.95 bits per heavy atom. The maximum absolute atomic E-state index is 12.0. The first-order valence-electron chi connectivity index (χ1n) is 5.70. The summed E-state index contributed by atoms with van der Waals surface area (Å²) < 4.78 is 61.1. The zero-order valence-electron chi connectivity index (χ0n) is 10.6. The summed E-state index contributed by atoms with van der Waals surface area (Å²) in [5.41, 5.74) is 4.88. The van der Waals surface area contributed by atoms with Crippen molar-refractivity contribution < 1.29 is 31.5 Å². The van der Waals surface area contributed by atoms with Gasteiger partial charge >= 0.3 is 12.1 Å². The number of hydrogen-bond donors (Lipinski definition) is 3. The fourth-order valence-corrected chi connectivity index (χ4v) is 2.65. The largest absolute Gasteiger partial charge is 0.478 e. The van der Waals surface area contributed by atoms with Crippen molar-refractivity contribution in [1.82, 2.24) is 0 Å². The van der Waals surface area contributed by atoms with E-state index in [0.29, 0.717) is 0 Å². The van der Waals surface area contributed by atoms with Gasteiger partial charge in [-0.3, -0.25) is 4.72 Å². The average molecular weight is 326 g/mol. The van der Waals surface area contributed by atoms with E-state index < -0.39 is 40.8 Å². The molecule has 0 unspecified atom stereocenters. The van der Waals surface area contributed by atoms with Crippen LogP contribution in [0.2, 0.25) is 0 Å². The van der Waals surface area contributed by atoms with Crippen LogP contribution in [0.4, 0.5) is 24.5 Å². The van der Waals surface area contributed by atoms with Crippen LogP contribution in [0, 0.1) is 0 Å². The highest BCUT2D eigenvalue weighted by atomic mass is 32.2. The molecule has 0 saturated carbocycles. The Morgan fingerprint density at radius 3 is 2.48 bits per heavy atom. The number of alkyl halides is 3. The number of nitrogen functional groups attached to an aromatic ring is 1. The van der Waals surface area contributed by atoms with Crippen LogP contribution in [0.1, 0.15) is 23.2 Å². The predicted octanol–water partition coefficient (Wildman–Crippen LogP) is 2.05. The smallest absolute Gasteiger partial charge is 0.389 e. The van der Waals surface area contributed by atoms with E-state index in [1.54, 1.807) is 0 Å². The first kappa shape index (κ1) is 17.1. The summed E-state index contributed by atoms with van der Waals surface area (Å²) in [6, 6.07) is 3.47. The Balaban J connectivity index is 2.83. The minimum absolute atomic E-state index is 0.118. The SMILES string of the molecule is Nc1ccc(NS(=O)(=O)CCCC(F)(F)F)c(C(=O)O)c1. The molecule has 0 atom stereocenters. The number of carboxylic acid groups (broad SMARTS) is 1. The van der Waals surface area contributed by atoms with Gasteiger partial charge in [-0.05, 0) is 24.6 Å². The normalized spacial score (nSPS) is 12.1. The van der Waals surface area contributed by atoms with Crippen molar-refractivity contribution in [3.05, 3.63) is 23.8 Å². The lowest BCUT2D eigenvalue weighted by molar-refractivity contribution is -0.134. The summed E-state index contributed by atoms with van der Waals surface area (Å²) in [4.78, 5) is 11.0. The second-order valence-corrected chi connectivity index (χ2v) is 6.09. The number of sulfonamides is 1. The van der Waals surface area contributed by atoms with E-state index in [1.807, 2.05) is 4.72 Å². The number of carboxylic acids is 1. The molecule has 4 N–H and O–H groups in total. The number of nitrogens with two attached hydrogens (primary N) is 1. The Hall–Kier alpha value is -1.97. The summed E-state index contributed by atoms with van der Waals surface area (Å²) in [5.74, 6) is -2.18. The highest BCUT2D eigenvalue weighted by Crippen LogP contribution is 2.23. The minimum Gasteiger partial charge on any atom is -0.478 e. The van der Waals surface area contributed by atoms with Crippen molar-refractivity contribution in [3.63, 3.8) is 0 Å². The third kappa shape index (κ3) is 5.90. The van der Waals surface area contributed by atoms with Gasteiger partial charge in [-0.2, -0.15) is 13.2 Å². The molecule has 10 heteroatoms. The van der Waals surface area contributed by atoms with Crippen LogP contribution in [0.15, 0.2) is 18.2 Å². The molecule has 0 aliphatic rings. The fourth-order valence-electron chi connectivity index (χ4n) is 1.51. The summed E-state index contributed by atoms with van der Waals surface area (Å²) in [6.45, 7) is 0. The molecule has 0 saturated heterocycles. The van der Waals surface area contributed by atoms with Crippen molar-refractivity contribution in [2.24, 2.45) is 0 Å². The third-order valence-corrected chi connectivity index (χ3v) is 3.77. The Bertz CT molecular complexity index is 629. The summed E-state index contributed by atoms with van der Waals surface area (Å²) in [7, 11) is -4.08. The van der Waals surface area contributed by atoms with E-state index in [0.717, 1.165) is 12.1 Å². The molecule has 1 rings (SSSR count). The highest BCUT2D eigenvalue weighted by Gasteiger charge is 2.27. The fraction of sp³-hybridized carbons (Fsp3) is 0.364. The second kappa shape index (κ2) is 6.20. The predicted molar refractivity (Wildman–Crippen MR) is 70.5 cm³/mol. The summed E-state index contributed by atoms with van der Waals surface area (Å²) >= 11 is 0. The van der Waals surface area contributed by atoms with E-state index in [4.69, 9.17) is 10.8 Å². The number of anilines is 2. The molecule has 0 amide bonds. The third-order valence-electron chi connectivity index (χ3n) is 2.41. The van der Waals surface area contributed by atoms with Crippen LogP contribution in [0.5, 0.6) is 0 Å². The minimum atomic E-state index is -4.44. The number of rotatable bonds is 6. The molecule has 0 fully saturated rings. The molecule has 0 spiro atoms. The number of hydrogen-bond acceptors (Lipinski definition) is 4. The molecule has 118 valence electrons. The van der Waals surface area contributed by atoms with E-state index in [1.165, 1.54) is 6.07 Å². The van der Waals surface area contributed by atoms with Crippen molar-refractivity contribution >= 4 is 27.4 Å². The van der Waals surface area contributed by atoms with Crippen LogP contribution in [0.3, 0.4) is 0 Å². The Morgan fingerprint density at radius 1 is 1.33 bits per heavy atom. The number of nitrogens with one attached hydrogen (secondary N) is 1. The molecule has 0 bridgehead atoms. The van der Waals surface area contributed by atoms with Crippen LogP contribution in [-0.4, -0.2) is 31.4 Å². The van der Waals surface area contributed by atoms with Crippen LogP contribution in [-0.2, 0) is 10.0 Å². The Kier molecular flexibility index (Phi) is 5.05. The molecular weight excluding hydrogens is 313 g/mol. The molecule has 0 aliphatic heterocycles. The lowest BCUT2D eigenvalue weighted by Crippen LogP contribution is -2.20. The van der Waals surface area contributed by atoms with E-state index >= 15 is 0 Å². The Labute approximate surface area is 118 Å². The first-order chi connectivity index (χ1) is 9.50. The average Bonchev–Trinajstić information content (AvgIpc) is 2.28. The molecule has 1 aromatic carbocycles. The van der Waals surface area contributed by atoms with Gasteiger partial charge in [0, 0.05) is 12.1 Å². The number of carbonyl (C=O) groups is 1. The van der Waals surface area contributed by atoms with Gasteiger partial charge in [0.1, 0.15) is 0 Å². The van der Waals surface area contributed by atoms with Crippen molar-refractivity contribution in [3.8, 4) is 0 Å². The molecule has 1 aromatic rings. The van der Waals surface area contributed by atoms with Crippen LogP contribution in [0.25, 0.3) is 0 Å². The van der Waals surface area contributed by atoms with E-state index in [9.17, 15) is 26.4 Å². The molecule has 21 heavy (non-hydrogen) atoms. The maximum Gasteiger partial charge on any atom is 0.389 e. The highest BCUT2D eigenvalue weighted by molar-refractivity contribution is 7.92. The standard InChI is InChI=1S/C11H13F3N2O4S/c12-11(13,14)4-1-5-21(19,20)16-9-3-2-7(15)6-8(9)10(17)18/h2-3,6,16H,1,4-5,15H2,(H,17,18). The van der Waals surface area contributed by atoms with Gasteiger partial charge in [0.05, 0.1) is 17.0 Å². The number of halogens is 3. The molecule has 6 nitrogen and oxygen atoms in total. The molecular formula is C11H13F3N2O4S. The summed E-state index contributed by atoms with van der Waals surface area (Å²) in [5, 5.41) is 8.93. The lowest BCUT2D eigenvalue weighted by atomic mass is 10.1. The number of benzene rings is 1. The van der Waals surface area contributed by atoms with E-state index in [2.05, 4.69) is 0 Å². The molecule has 0 heterocycles. The topological polar surface area (TPSA) is 109 Å². The molecule has 0 aromatic heterocycles. The second-order valence-electron chi connectivity index (χ2n) is 4.25. The van der Waals surface area contributed by atoms with Crippen LogP contribution >= 0.6 is 0 Å². The van der Waals surface area contributed by atoms with Crippen molar-refractivity contribution in [2.45, 2.75) is 19.0 Å². The molecule has 0 radical (unpaired) electrons. The van der Waals surface area contributed by atoms with Gasteiger partial charge in [-0.1, -0.05) is 0 Å².